The van der Waals surface area contributed by atoms with Crippen molar-refractivity contribution in [1.29, 1.82) is 0 Å². The first-order valence-corrected chi connectivity index (χ1v) is 9.46. The summed E-state index contributed by atoms with van der Waals surface area (Å²) >= 11 is 7.39. The van der Waals surface area contributed by atoms with Gasteiger partial charge in [-0.25, -0.2) is 0 Å². The van der Waals surface area contributed by atoms with E-state index in [1.807, 2.05) is 66.7 Å². The largest absolute Gasteiger partial charge is 0.377 e. The summed E-state index contributed by atoms with van der Waals surface area (Å²) in [6.45, 7) is 0. The van der Waals surface area contributed by atoms with Gasteiger partial charge >= 0.3 is 0 Å². The molecule has 0 atom stereocenters. The molecule has 26 heavy (non-hydrogen) atoms. The lowest BCUT2D eigenvalue weighted by Crippen LogP contribution is -2.05. The first-order valence-electron chi connectivity index (χ1n) is 8.10. The zero-order valence-corrected chi connectivity index (χ0v) is 15.6. The van der Waals surface area contributed by atoms with Crippen molar-refractivity contribution in [3.8, 4) is 11.1 Å². The number of halogens is 1. The lowest BCUT2D eigenvalue weighted by molar-refractivity contribution is 1.25. The van der Waals surface area contributed by atoms with E-state index in [0.29, 0.717) is 5.17 Å². The third-order valence-corrected chi connectivity index (χ3v) is 4.79. The molecule has 130 valence electrons. The highest BCUT2D eigenvalue weighted by atomic mass is 35.5. The summed E-state index contributed by atoms with van der Waals surface area (Å²) in [6, 6.07) is 26.0. The molecule has 3 aromatic carbocycles. The quantitative estimate of drug-likeness (QED) is 0.357. The molecule has 0 amide bonds. The zero-order valence-electron chi connectivity index (χ0n) is 14.0. The number of hydrogen-bond acceptors (Lipinski definition) is 3. The highest BCUT2D eigenvalue weighted by molar-refractivity contribution is 8.13. The fraction of sp³-hybridized carbons (Fsp3) is 0.0476. The molecule has 3 nitrogen and oxygen atoms in total. The smallest absolute Gasteiger partial charge is 0.180 e. The fourth-order valence-electron chi connectivity index (χ4n) is 2.32. The van der Waals surface area contributed by atoms with Crippen LogP contribution in [-0.4, -0.2) is 11.4 Å². The van der Waals surface area contributed by atoms with Crippen LogP contribution in [0.1, 0.15) is 11.1 Å². The van der Waals surface area contributed by atoms with E-state index in [4.69, 9.17) is 17.3 Å². The highest BCUT2D eigenvalue weighted by Crippen LogP contribution is 2.21. The van der Waals surface area contributed by atoms with Gasteiger partial charge in [-0.2, -0.15) is 5.10 Å². The van der Waals surface area contributed by atoms with E-state index in [2.05, 4.69) is 22.3 Å². The first-order chi connectivity index (χ1) is 12.7. The van der Waals surface area contributed by atoms with Gasteiger partial charge in [0.25, 0.3) is 0 Å². The summed E-state index contributed by atoms with van der Waals surface area (Å²) < 4.78 is 0. The Kier molecular flexibility index (Phi) is 6.47. The van der Waals surface area contributed by atoms with Crippen molar-refractivity contribution in [3.05, 3.63) is 95.0 Å². The highest BCUT2D eigenvalue weighted by Gasteiger charge is 1.98. The number of amidine groups is 1. The molecular weight excluding hydrogens is 362 g/mol. The van der Waals surface area contributed by atoms with Gasteiger partial charge in [0, 0.05) is 10.8 Å². The number of rotatable bonds is 5. The Morgan fingerprint density at radius 1 is 0.885 bits per heavy atom. The van der Waals surface area contributed by atoms with Crippen molar-refractivity contribution in [2.75, 3.05) is 0 Å². The summed E-state index contributed by atoms with van der Waals surface area (Å²) in [5.74, 6) is 0.779. The molecule has 0 aliphatic carbocycles. The van der Waals surface area contributed by atoms with E-state index >= 15 is 0 Å². The molecule has 0 bridgehead atoms. The van der Waals surface area contributed by atoms with Crippen LogP contribution in [0.4, 0.5) is 0 Å². The summed E-state index contributed by atoms with van der Waals surface area (Å²) in [4.78, 5) is 0. The van der Waals surface area contributed by atoms with Crippen molar-refractivity contribution in [2.45, 2.75) is 5.75 Å². The lowest BCUT2D eigenvalue weighted by atomic mass is 10.0. The Balaban J connectivity index is 1.57. The van der Waals surface area contributed by atoms with Gasteiger partial charge in [-0.15, -0.1) is 5.10 Å². The number of nitrogens with two attached hydrogens (primary N) is 1. The molecule has 0 fully saturated rings. The van der Waals surface area contributed by atoms with E-state index < -0.39 is 0 Å². The average Bonchev–Trinajstić information content (AvgIpc) is 2.68. The van der Waals surface area contributed by atoms with E-state index in [1.165, 1.54) is 17.3 Å². The zero-order chi connectivity index (χ0) is 18.2. The minimum Gasteiger partial charge on any atom is -0.377 e. The Morgan fingerprint density at radius 2 is 1.50 bits per heavy atom. The summed E-state index contributed by atoms with van der Waals surface area (Å²) in [5, 5.41) is 9.29. The van der Waals surface area contributed by atoms with Gasteiger partial charge in [0.2, 0.25) is 0 Å². The Morgan fingerprint density at radius 3 is 2.15 bits per heavy atom. The third kappa shape index (κ3) is 5.48. The molecule has 0 aliphatic rings. The number of nitrogens with zero attached hydrogens (tertiary/aromatic N) is 2. The second kappa shape index (κ2) is 9.22. The SMILES string of the molecule is NC(=NN=Cc1ccc(-c2ccc(Cl)cc2)cc1)SCc1ccccc1. The predicted molar refractivity (Wildman–Crippen MR) is 114 cm³/mol. The fourth-order valence-corrected chi connectivity index (χ4v) is 3.05. The first kappa shape index (κ1) is 18.2. The van der Waals surface area contributed by atoms with E-state index in [0.717, 1.165) is 27.5 Å². The molecule has 0 saturated heterocycles. The van der Waals surface area contributed by atoms with Crippen LogP contribution >= 0.6 is 23.4 Å². The van der Waals surface area contributed by atoms with Crippen LogP contribution in [0.25, 0.3) is 11.1 Å². The van der Waals surface area contributed by atoms with Crippen molar-refractivity contribution in [2.24, 2.45) is 15.9 Å². The van der Waals surface area contributed by atoms with E-state index in [9.17, 15) is 0 Å². The normalized spacial score (nSPS) is 11.8. The van der Waals surface area contributed by atoms with Gasteiger partial charge in [0.1, 0.15) is 0 Å². The number of thioether (sulfide) groups is 1. The summed E-state index contributed by atoms with van der Waals surface area (Å²) in [6.07, 6.45) is 1.70. The second-order valence-corrected chi connectivity index (χ2v) is 7.02. The standard InChI is InChI=1S/C21H18ClN3S/c22-20-12-10-19(11-13-20)18-8-6-16(7-9-18)14-24-25-21(23)26-15-17-4-2-1-3-5-17/h1-14H,15H2,(H2,23,25). The van der Waals surface area contributed by atoms with Crippen molar-refractivity contribution in [3.63, 3.8) is 0 Å². The molecule has 0 saturated carbocycles. The van der Waals surface area contributed by atoms with Crippen LogP contribution in [0.15, 0.2) is 89.1 Å². The van der Waals surface area contributed by atoms with Crippen LogP contribution in [-0.2, 0) is 5.75 Å². The van der Waals surface area contributed by atoms with Crippen molar-refractivity contribution < 1.29 is 0 Å². The maximum absolute atomic E-state index is 5.92. The molecule has 3 aromatic rings. The topological polar surface area (TPSA) is 50.7 Å². The number of hydrogen-bond donors (Lipinski definition) is 1. The molecule has 0 radical (unpaired) electrons. The molecule has 5 heteroatoms. The molecule has 0 heterocycles. The van der Waals surface area contributed by atoms with Gasteiger partial charge in [0.15, 0.2) is 5.17 Å². The van der Waals surface area contributed by atoms with Gasteiger partial charge < -0.3 is 5.73 Å². The minimum atomic E-state index is 0.447. The van der Waals surface area contributed by atoms with Crippen LogP contribution < -0.4 is 5.73 Å². The molecule has 0 spiro atoms. The molecule has 0 unspecified atom stereocenters. The molecular formula is C21H18ClN3S. The molecule has 2 N–H and O–H groups in total. The molecule has 0 aromatic heterocycles. The lowest BCUT2D eigenvalue weighted by Gasteiger charge is -2.02. The van der Waals surface area contributed by atoms with Gasteiger partial charge in [-0.1, -0.05) is 90.1 Å². The summed E-state index contributed by atoms with van der Waals surface area (Å²) in [5.41, 5.74) is 10.3. The van der Waals surface area contributed by atoms with Gasteiger partial charge in [-0.3, -0.25) is 0 Å². The average molecular weight is 380 g/mol. The van der Waals surface area contributed by atoms with Crippen LogP contribution in [0, 0.1) is 0 Å². The van der Waals surface area contributed by atoms with Crippen LogP contribution in [0.5, 0.6) is 0 Å². The predicted octanol–water partition coefficient (Wildman–Crippen LogP) is 5.59. The Labute approximate surface area is 162 Å². The van der Waals surface area contributed by atoms with Crippen LogP contribution in [0.3, 0.4) is 0 Å². The molecule has 3 rings (SSSR count). The monoisotopic (exact) mass is 379 g/mol. The van der Waals surface area contributed by atoms with Crippen LogP contribution in [0.2, 0.25) is 5.02 Å². The maximum Gasteiger partial charge on any atom is 0.180 e. The number of benzene rings is 3. The second-order valence-electron chi connectivity index (χ2n) is 5.59. The Bertz CT molecular complexity index is 889. The molecule has 0 aliphatic heterocycles. The van der Waals surface area contributed by atoms with Crippen molar-refractivity contribution in [1.82, 2.24) is 0 Å². The summed E-state index contributed by atoms with van der Waals surface area (Å²) in [7, 11) is 0. The Hall–Kier alpha value is -2.56. The van der Waals surface area contributed by atoms with E-state index in [-0.39, 0.29) is 0 Å². The van der Waals surface area contributed by atoms with Gasteiger partial charge in [0.05, 0.1) is 6.21 Å². The van der Waals surface area contributed by atoms with Crippen molar-refractivity contribution >= 4 is 34.7 Å². The third-order valence-electron chi connectivity index (χ3n) is 3.68. The minimum absolute atomic E-state index is 0.447. The maximum atomic E-state index is 5.92. The van der Waals surface area contributed by atoms with Gasteiger partial charge in [-0.05, 0) is 34.4 Å². The van der Waals surface area contributed by atoms with E-state index in [1.54, 1.807) is 6.21 Å².